The predicted molar refractivity (Wildman–Crippen MR) is 420 cm³/mol. The van der Waals surface area contributed by atoms with Gasteiger partial charge in [0.25, 0.3) is 0 Å². The van der Waals surface area contributed by atoms with Gasteiger partial charge in [-0.15, -0.1) is 0 Å². The molecule has 0 radical (unpaired) electrons. The molecule has 618 valence electrons. The van der Waals surface area contributed by atoms with Gasteiger partial charge >= 0.3 is 5.97 Å². The summed E-state index contributed by atoms with van der Waals surface area (Å²) in [5.41, 5.74) is 25.1. The Morgan fingerprint density at radius 1 is 0.482 bits per heavy atom. The fraction of sp³-hybridized carbons (Fsp3) is 0.453. The molecule has 1 saturated heterocycles. The number of aliphatic hydroxyl groups excluding tert-OH is 3. The Morgan fingerprint density at radius 2 is 0.886 bits per heavy atom. The molecule has 0 aliphatic carbocycles. The second-order valence-corrected chi connectivity index (χ2v) is 29.8. The molecule has 14 amide bonds. The smallest absolute Gasteiger partial charge is 0.327 e. The van der Waals surface area contributed by atoms with Crippen LogP contribution in [0, 0.1) is 0 Å². The first-order valence-electron chi connectivity index (χ1n) is 36.9. The molecule has 26 N–H and O–H groups in total. The van der Waals surface area contributed by atoms with Crippen molar-refractivity contribution in [2.75, 3.05) is 37.7 Å². The van der Waals surface area contributed by atoms with Gasteiger partial charge < -0.3 is 117 Å². The minimum absolute atomic E-state index is 0.103. The van der Waals surface area contributed by atoms with Gasteiger partial charge in [0.1, 0.15) is 72.5 Å². The van der Waals surface area contributed by atoms with E-state index in [2.05, 4.69) is 74.1 Å². The maximum absolute atomic E-state index is 15.4. The molecule has 5 aromatic rings. The number of benzene rings is 4. The molecule has 15 atom stereocenters. The number of aliphatic carboxylic acids is 1. The van der Waals surface area contributed by atoms with Crippen LogP contribution in [0.3, 0.4) is 0 Å². The van der Waals surface area contributed by atoms with Crippen LogP contribution in [0.1, 0.15) is 94.0 Å². The van der Waals surface area contributed by atoms with E-state index in [4.69, 9.17) is 22.9 Å². The summed E-state index contributed by atoms with van der Waals surface area (Å²) in [6.07, 6.45) is -3.43. The number of hydrogen-bond donors (Lipinski definition) is 22. The first-order valence-corrected chi connectivity index (χ1v) is 39.4. The van der Waals surface area contributed by atoms with Crippen LogP contribution < -0.4 is 92.1 Å². The zero-order chi connectivity index (χ0) is 83.6. The van der Waals surface area contributed by atoms with Crippen molar-refractivity contribution < 1.29 is 92.3 Å². The minimum atomic E-state index is -1.99. The number of carbonyl (C=O) groups excluding carboxylic acids is 14. The highest BCUT2D eigenvalue weighted by atomic mass is 33.1. The lowest BCUT2D eigenvalue weighted by Crippen LogP contribution is -2.63. The molecule has 114 heavy (non-hydrogen) atoms. The van der Waals surface area contributed by atoms with Crippen molar-refractivity contribution in [3.63, 3.8) is 0 Å². The minimum Gasteiger partial charge on any atom is -0.480 e. The van der Waals surface area contributed by atoms with Crippen molar-refractivity contribution in [1.82, 2.24) is 74.1 Å². The molecule has 0 spiro atoms. The third-order valence-electron chi connectivity index (χ3n) is 18.0. The summed E-state index contributed by atoms with van der Waals surface area (Å²) in [6.45, 7) is 1.86. The fourth-order valence-electron chi connectivity index (χ4n) is 11.8. The Balaban J connectivity index is 1.47. The van der Waals surface area contributed by atoms with Crippen molar-refractivity contribution in [2.45, 2.75) is 176 Å². The SMILES string of the molecule is C[C@H](N)C(=O)NCC(=O)N[C@H]1CSSC[C@@H](C(=O)O)NC(=O)[C@H](CO)NC(=O)[C@H]([C@@H](C)O)NC(=O)[C@H](Cc2ccccc2)NC(=O)[C@H]([C@@H](C)O)NC(=O)[C@H](CCCCN)NC(=O)[C@H](c2c[nH]c3ccccc23)NC(=O)[C@H](Cc2ccccc2)NC(=O)[C@H](Cc2ccccc2)NC(=O)[C@H](CC(N)=O)NC(=O)[C@H](CCCCN)NC1=O. The molecule has 37 nitrogen and oxygen atoms in total. The molecule has 1 fully saturated rings. The number of rotatable bonds is 25. The molecule has 4 aromatic carbocycles. The number of nitrogens with one attached hydrogen (secondary N) is 14. The Kier molecular flexibility index (Phi) is 37.7. The number of H-pyrrole nitrogens is 1. The second-order valence-electron chi connectivity index (χ2n) is 27.2. The van der Waals surface area contributed by atoms with Crippen LogP contribution in [0.15, 0.2) is 121 Å². The Labute approximate surface area is 664 Å². The number of aliphatic hydroxyl groups is 3. The van der Waals surface area contributed by atoms with Crippen molar-refractivity contribution in [3.05, 3.63) is 144 Å². The zero-order valence-corrected chi connectivity index (χ0v) is 64.7. The number of carboxylic acid groups (broad SMARTS) is 1. The van der Waals surface area contributed by atoms with E-state index < -0.39 is 210 Å². The van der Waals surface area contributed by atoms with Gasteiger partial charge in [0.15, 0.2) is 0 Å². The molecular weight excluding hydrogens is 1520 g/mol. The lowest BCUT2D eigenvalue weighted by atomic mass is 10.00. The van der Waals surface area contributed by atoms with E-state index in [9.17, 15) is 78.0 Å². The number of aromatic nitrogens is 1. The number of amides is 14. The van der Waals surface area contributed by atoms with Crippen molar-refractivity contribution in [1.29, 1.82) is 0 Å². The second kappa shape index (κ2) is 46.8. The van der Waals surface area contributed by atoms with Gasteiger partial charge in [-0.2, -0.15) is 0 Å². The van der Waals surface area contributed by atoms with E-state index in [-0.39, 0.29) is 70.0 Å². The third-order valence-corrected chi connectivity index (χ3v) is 20.4. The highest BCUT2D eigenvalue weighted by Gasteiger charge is 2.40. The van der Waals surface area contributed by atoms with Crippen LogP contribution in [-0.4, -0.2) is 237 Å². The molecule has 0 unspecified atom stereocenters. The van der Waals surface area contributed by atoms with Gasteiger partial charge in [0.05, 0.1) is 37.8 Å². The van der Waals surface area contributed by atoms with Gasteiger partial charge in [-0.25, -0.2) is 4.79 Å². The van der Waals surface area contributed by atoms with E-state index in [1.807, 2.05) is 0 Å². The number of fused-ring (bicyclic) bond motifs is 1. The average Bonchev–Trinajstić information content (AvgIpc) is 1.64. The molecule has 1 aromatic heterocycles. The number of primary amides is 1. The highest BCUT2D eigenvalue weighted by molar-refractivity contribution is 8.76. The van der Waals surface area contributed by atoms with Gasteiger partial charge in [0, 0.05) is 53.4 Å². The van der Waals surface area contributed by atoms with Gasteiger partial charge in [-0.3, -0.25) is 67.1 Å². The number of unbranched alkanes of at least 4 members (excludes halogenated alkanes) is 2. The standard InChI is InChI=1S/C75H102N18O19S2/c1-40(78)63(99)81-36-59(98)82-56-38-113-114-39-57(75(111)112)90-70(106)55(37-94)89-73(109)61(42(3)96)92-68(104)53(33-45-23-11-6-12-24-45)88-72(108)60(41(2)95)91-65(101)50(28-16-18-30-77)84-74(110)62(47-35-80-48-26-14-13-25-46(47)48)93-69(105)52(32-44-21-9-5-10-22-44)86-66(102)51(31-43-19-7-4-8-20-43)85-67(103)54(34-58(79)97)87-64(100)49(83-71(56)107)27-15-17-29-76/h4-14,19-26,35,40-42,49-57,60-62,80,94-96H,15-18,27-34,36-39,76-78H2,1-3H3,(H2,79,97)(H,81,99)(H,82,98)(H,83,107)(H,84,110)(H,85,103)(H,86,102)(H,87,100)(H,88,108)(H,89,109)(H,90,106)(H,91,101)(H,92,104)(H,93,105)(H,111,112)/t40-,41+,42+,49-,50-,51-,52-,53-,54-,55-,56-,57-,60-,61-,62-/m0/s1. The van der Waals surface area contributed by atoms with E-state index in [0.717, 1.165) is 35.4 Å². The number of aromatic amines is 1. The summed E-state index contributed by atoms with van der Waals surface area (Å²) in [5, 5.41) is 75.8. The zero-order valence-electron chi connectivity index (χ0n) is 63.1. The first-order chi connectivity index (χ1) is 54.4. The molecule has 39 heteroatoms. The van der Waals surface area contributed by atoms with Gasteiger partial charge in [0.2, 0.25) is 82.7 Å². The van der Waals surface area contributed by atoms with Crippen LogP contribution in [0.4, 0.5) is 0 Å². The summed E-state index contributed by atoms with van der Waals surface area (Å²) in [7, 11) is 1.49. The maximum atomic E-state index is 15.4. The predicted octanol–water partition coefficient (Wildman–Crippen LogP) is -4.78. The van der Waals surface area contributed by atoms with Crippen LogP contribution >= 0.6 is 21.6 Å². The van der Waals surface area contributed by atoms with E-state index in [1.165, 1.54) is 13.1 Å². The van der Waals surface area contributed by atoms with Crippen LogP contribution in [0.25, 0.3) is 10.9 Å². The summed E-state index contributed by atoms with van der Waals surface area (Å²) in [4.78, 5) is 217. The van der Waals surface area contributed by atoms with E-state index in [0.29, 0.717) is 34.0 Å². The Bertz CT molecular complexity index is 4110. The lowest BCUT2D eigenvalue weighted by Gasteiger charge is -2.29. The summed E-state index contributed by atoms with van der Waals surface area (Å²) in [6, 6.07) is 8.99. The molecule has 6 rings (SSSR count). The highest BCUT2D eigenvalue weighted by Crippen LogP contribution is 2.27. The van der Waals surface area contributed by atoms with Crippen LogP contribution in [-0.2, 0) is 91.2 Å². The Hall–Kier alpha value is -11.1. The molecule has 0 saturated carbocycles. The topological polar surface area (TPSA) is 613 Å². The fourth-order valence-corrected chi connectivity index (χ4v) is 14.1. The largest absolute Gasteiger partial charge is 0.480 e. The Morgan fingerprint density at radius 3 is 1.36 bits per heavy atom. The van der Waals surface area contributed by atoms with Gasteiger partial charge in [-0.05, 0) is 95.1 Å². The van der Waals surface area contributed by atoms with E-state index in [1.54, 1.807) is 115 Å². The monoisotopic (exact) mass is 1620 g/mol. The van der Waals surface area contributed by atoms with Gasteiger partial charge in [-0.1, -0.05) is 131 Å². The number of para-hydroxylation sites is 1. The normalized spacial score (nSPS) is 23.9. The summed E-state index contributed by atoms with van der Waals surface area (Å²) >= 11 is 0. The van der Waals surface area contributed by atoms with Crippen LogP contribution in [0.2, 0.25) is 0 Å². The summed E-state index contributed by atoms with van der Waals surface area (Å²) < 4.78 is 0. The number of carbonyl (C=O) groups is 15. The third kappa shape index (κ3) is 29.5. The molecule has 0 bridgehead atoms. The first kappa shape index (κ1) is 91.8. The van der Waals surface area contributed by atoms with Crippen LogP contribution in [0.5, 0.6) is 0 Å². The van der Waals surface area contributed by atoms with E-state index >= 15 is 14.4 Å². The average molecular weight is 1620 g/mol. The van der Waals surface area contributed by atoms with Crippen molar-refractivity contribution >= 4 is 121 Å². The maximum Gasteiger partial charge on any atom is 0.327 e. The summed E-state index contributed by atoms with van der Waals surface area (Å²) in [5.74, 6) is -17.8. The lowest BCUT2D eigenvalue weighted by molar-refractivity contribution is -0.142. The molecule has 1 aliphatic heterocycles. The number of carboxylic acids is 1. The molecular formula is C75H102N18O19S2. The van der Waals surface area contributed by atoms with Crippen molar-refractivity contribution in [3.8, 4) is 0 Å². The van der Waals surface area contributed by atoms with Crippen molar-refractivity contribution in [2.24, 2.45) is 22.9 Å². The molecule has 1 aliphatic rings. The number of nitrogens with two attached hydrogens (primary N) is 4. The quantitative estimate of drug-likeness (QED) is 0.0193. The number of hydrogen-bond acceptors (Lipinski definition) is 23. The molecule has 2 heterocycles.